The lowest BCUT2D eigenvalue weighted by atomic mass is 10.1. The molecule has 6 heteroatoms. The maximum Gasteiger partial charge on any atom is 0.272 e. The number of carbonyl (C=O) groups excluding carboxylic acids is 2. The van der Waals surface area contributed by atoms with Crippen LogP contribution in [0.3, 0.4) is 0 Å². The van der Waals surface area contributed by atoms with Crippen LogP contribution >= 0.6 is 12.2 Å². The van der Waals surface area contributed by atoms with Gasteiger partial charge in [-0.25, -0.2) is 0 Å². The van der Waals surface area contributed by atoms with E-state index in [1.54, 1.807) is 30.5 Å². The van der Waals surface area contributed by atoms with Crippen LogP contribution in [0.15, 0.2) is 42.6 Å². The van der Waals surface area contributed by atoms with Gasteiger partial charge in [0, 0.05) is 11.8 Å². The Bertz CT molecular complexity index is 707. The number of aryl methyl sites for hydroxylation is 1. The molecular formula is C15H15N3O2S. The first-order valence-corrected chi connectivity index (χ1v) is 6.90. The van der Waals surface area contributed by atoms with Gasteiger partial charge in [-0.3, -0.25) is 20.4 Å². The average molecular weight is 301 g/mol. The molecule has 5 nitrogen and oxygen atoms in total. The highest BCUT2D eigenvalue weighted by Crippen LogP contribution is 2.04. The van der Waals surface area contributed by atoms with Crippen molar-refractivity contribution in [1.82, 2.24) is 15.8 Å². The molecule has 0 saturated heterocycles. The summed E-state index contributed by atoms with van der Waals surface area (Å²) >= 11 is 5.00. The quantitative estimate of drug-likeness (QED) is 0.602. The molecule has 1 heterocycles. The van der Waals surface area contributed by atoms with Gasteiger partial charge in [0.2, 0.25) is 0 Å². The largest absolute Gasteiger partial charge is 0.352 e. The molecule has 108 valence electrons. The average Bonchev–Trinajstić information content (AvgIpc) is 2.52. The first kappa shape index (κ1) is 14.9. The molecule has 0 aliphatic rings. The Hall–Kier alpha value is -2.47. The van der Waals surface area contributed by atoms with E-state index in [1.807, 2.05) is 19.1 Å². The minimum absolute atomic E-state index is 0.300. The summed E-state index contributed by atoms with van der Waals surface area (Å²) in [7, 11) is 0. The van der Waals surface area contributed by atoms with Gasteiger partial charge in [-0.2, -0.15) is 0 Å². The highest BCUT2D eigenvalue weighted by Gasteiger charge is 2.10. The predicted octanol–water partition coefficient (Wildman–Crippen LogP) is 2.38. The normalized spacial score (nSPS) is 9.95. The Morgan fingerprint density at radius 2 is 1.76 bits per heavy atom. The third-order valence-corrected chi connectivity index (χ3v) is 3.31. The van der Waals surface area contributed by atoms with E-state index in [2.05, 4.69) is 15.8 Å². The van der Waals surface area contributed by atoms with Crippen molar-refractivity contribution in [3.63, 3.8) is 0 Å². The van der Waals surface area contributed by atoms with Crippen molar-refractivity contribution in [2.45, 2.75) is 13.3 Å². The lowest BCUT2D eigenvalue weighted by Gasteiger charge is -2.07. The minimum atomic E-state index is -0.463. The second-order valence-corrected chi connectivity index (χ2v) is 4.78. The summed E-state index contributed by atoms with van der Waals surface area (Å²) in [6.45, 7) is 2.04. The van der Waals surface area contributed by atoms with Gasteiger partial charge in [-0.05, 0) is 36.2 Å². The first-order chi connectivity index (χ1) is 10.1. The van der Waals surface area contributed by atoms with Crippen molar-refractivity contribution < 1.29 is 9.59 Å². The Morgan fingerprint density at radius 1 is 1.10 bits per heavy atom. The molecule has 21 heavy (non-hydrogen) atoms. The van der Waals surface area contributed by atoms with Crippen molar-refractivity contribution in [1.29, 1.82) is 0 Å². The van der Waals surface area contributed by atoms with Gasteiger partial charge in [0.05, 0.1) is 5.56 Å². The third kappa shape index (κ3) is 3.76. The summed E-state index contributed by atoms with van der Waals surface area (Å²) in [5.74, 6) is -0.841. The van der Waals surface area contributed by atoms with Crippen molar-refractivity contribution in [3.8, 4) is 0 Å². The predicted molar refractivity (Wildman–Crippen MR) is 82.4 cm³/mol. The smallest absolute Gasteiger partial charge is 0.272 e. The standard InChI is InChI=1S/C15H15N3O2S/c1-2-10-5-7-11(8-6-10)13(19)17-18-14(20)12-4-3-9-16-15(12)21/h3-9H,2H2,1H3,(H,16,21)(H,17,19)(H,18,20). The van der Waals surface area contributed by atoms with E-state index in [0.29, 0.717) is 15.8 Å². The monoisotopic (exact) mass is 301 g/mol. The number of hydrazine groups is 1. The number of nitrogens with one attached hydrogen (secondary N) is 3. The summed E-state index contributed by atoms with van der Waals surface area (Å²) in [6.07, 6.45) is 2.54. The zero-order valence-electron chi connectivity index (χ0n) is 11.5. The zero-order chi connectivity index (χ0) is 15.2. The molecule has 0 fully saturated rings. The number of aromatic nitrogens is 1. The van der Waals surface area contributed by atoms with Crippen molar-refractivity contribution in [2.75, 3.05) is 0 Å². The van der Waals surface area contributed by atoms with Crippen LogP contribution in [0.2, 0.25) is 0 Å². The summed E-state index contributed by atoms with van der Waals surface area (Å²) < 4.78 is 0.316. The van der Waals surface area contributed by atoms with E-state index in [0.717, 1.165) is 12.0 Å². The maximum absolute atomic E-state index is 11.9. The Morgan fingerprint density at radius 3 is 2.38 bits per heavy atom. The lowest BCUT2D eigenvalue weighted by molar-refractivity contribution is 0.0846. The van der Waals surface area contributed by atoms with Crippen LogP contribution in [0.5, 0.6) is 0 Å². The summed E-state index contributed by atoms with van der Waals surface area (Å²) in [4.78, 5) is 26.5. The third-order valence-electron chi connectivity index (χ3n) is 2.98. The fourth-order valence-corrected chi connectivity index (χ4v) is 1.97. The van der Waals surface area contributed by atoms with E-state index in [4.69, 9.17) is 12.2 Å². The van der Waals surface area contributed by atoms with Crippen molar-refractivity contribution in [3.05, 3.63) is 63.9 Å². The lowest BCUT2D eigenvalue weighted by Crippen LogP contribution is -2.41. The second kappa shape index (κ2) is 6.81. The minimum Gasteiger partial charge on any atom is -0.352 e. The van der Waals surface area contributed by atoms with Gasteiger partial charge < -0.3 is 4.98 Å². The Kier molecular flexibility index (Phi) is 4.84. The fraction of sp³-hybridized carbons (Fsp3) is 0.133. The molecule has 0 atom stereocenters. The van der Waals surface area contributed by atoms with Crippen molar-refractivity contribution >= 4 is 24.0 Å². The molecule has 0 radical (unpaired) electrons. The summed E-state index contributed by atoms with van der Waals surface area (Å²) in [5, 5.41) is 0. The Balaban J connectivity index is 1.99. The molecule has 0 bridgehead atoms. The number of amides is 2. The highest BCUT2D eigenvalue weighted by molar-refractivity contribution is 7.71. The van der Waals surface area contributed by atoms with Gasteiger partial charge >= 0.3 is 0 Å². The number of hydrogen-bond donors (Lipinski definition) is 3. The second-order valence-electron chi connectivity index (χ2n) is 4.37. The molecular weight excluding hydrogens is 286 g/mol. The van der Waals surface area contributed by atoms with E-state index in [-0.39, 0.29) is 5.91 Å². The van der Waals surface area contributed by atoms with Crippen LogP contribution in [0, 0.1) is 4.64 Å². The van der Waals surface area contributed by atoms with Crippen LogP contribution in [-0.2, 0) is 6.42 Å². The molecule has 0 aliphatic carbocycles. The van der Waals surface area contributed by atoms with Gasteiger partial charge in [-0.15, -0.1) is 0 Å². The van der Waals surface area contributed by atoms with Crippen molar-refractivity contribution in [2.24, 2.45) is 0 Å². The van der Waals surface area contributed by atoms with Crippen LogP contribution in [0.4, 0.5) is 0 Å². The number of pyridine rings is 1. The molecule has 2 rings (SSSR count). The van der Waals surface area contributed by atoms with Crippen LogP contribution in [0.1, 0.15) is 33.2 Å². The number of rotatable bonds is 3. The van der Waals surface area contributed by atoms with Gasteiger partial charge in [0.15, 0.2) is 0 Å². The van der Waals surface area contributed by atoms with E-state index >= 15 is 0 Å². The number of benzene rings is 1. The molecule has 2 aromatic rings. The first-order valence-electron chi connectivity index (χ1n) is 6.49. The topological polar surface area (TPSA) is 74.0 Å². The van der Waals surface area contributed by atoms with Crippen LogP contribution in [-0.4, -0.2) is 16.8 Å². The van der Waals surface area contributed by atoms with E-state index in [9.17, 15) is 9.59 Å². The highest BCUT2D eigenvalue weighted by atomic mass is 32.1. The van der Waals surface area contributed by atoms with Gasteiger partial charge in [0.25, 0.3) is 11.8 Å². The van der Waals surface area contributed by atoms with Crippen LogP contribution < -0.4 is 10.9 Å². The summed E-state index contributed by atoms with van der Waals surface area (Å²) in [5.41, 5.74) is 6.63. The number of aromatic amines is 1. The Labute approximate surface area is 127 Å². The zero-order valence-corrected chi connectivity index (χ0v) is 12.3. The molecule has 2 amide bonds. The van der Waals surface area contributed by atoms with E-state index < -0.39 is 5.91 Å². The summed E-state index contributed by atoms with van der Waals surface area (Å²) in [6, 6.07) is 10.4. The molecule has 0 saturated carbocycles. The SMILES string of the molecule is CCc1ccc(C(=O)NNC(=O)c2ccc[nH]c2=S)cc1. The number of hydrogen-bond acceptors (Lipinski definition) is 3. The fourth-order valence-electron chi connectivity index (χ4n) is 1.75. The molecule has 1 aromatic heterocycles. The van der Waals surface area contributed by atoms with Crippen LogP contribution in [0.25, 0.3) is 0 Å². The maximum atomic E-state index is 11.9. The molecule has 0 aliphatic heterocycles. The molecule has 0 unspecified atom stereocenters. The molecule has 3 N–H and O–H groups in total. The molecule has 1 aromatic carbocycles. The molecule has 0 spiro atoms. The van der Waals surface area contributed by atoms with Gasteiger partial charge in [-0.1, -0.05) is 31.3 Å². The van der Waals surface area contributed by atoms with E-state index in [1.165, 1.54) is 0 Å². The number of carbonyl (C=O) groups is 2. The van der Waals surface area contributed by atoms with Gasteiger partial charge in [0.1, 0.15) is 4.64 Å². The number of H-pyrrole nitrogens is 1.